The van der Waals surface area contributed by atoms with Crippen LogP contribution >= 0.6 is 15.9 Å². The highest BCUT2D eigenvalue weighted by Crippen LogP contribution is 2.19. The van der Waals surface area contributed by atoms with Crippen LogP contribution in [0.4, 0.5) is 4.39 Å². The van der Waals surface area contributed by atoms with Crippen molar-refractivity contribution in [1.82, 2.24) is 10.0 Å². The van der Waals surface area contributed by atoms with Crippen molar-refractivity contribution in [1.29, 1.82) is 0 Å². The van der Waals surface area contributed by atoms with E-state index in [-0.39, 0.29) is 15.9 Å². The molecule has 0 radical (unpaired) electrons. The predicted molar refractivity (Wildman–Crippen MR) is 74.9 cm³/mol. The van der Waals surface area contributed by atoms with E-state index in [1.54, 1.807) is 0 Å². The van der Waals surface area contributed by atoms with Crippen molar-refractivity contribution in [3.8, 4) is 0 Å². The Labute approximate surface area is 120 Å². The molecule has 0 amide bonds. The molecule has 0 saturated carbocycles. The third kappa shape index (κ3) is 3.85. The van der Waals surface area contributed by atoms with Crippen LogP contribution in [0.15, 0.2) is 39.2 Å². The maximum Gasteiger partial charge on any atom is 0.240 e. The first-order valence-corrected chi connectivity index (χ1v) is 8.10. The van der Waals surface area contributed by atoms with Gasteiger partial charge in [0.05, 0.1) is 9.37 Å². The molecular formula is C12H14BrFN2O2S. The van der Waals surface area contributed by atoms with Gasteiger partial charge in [0.1, 0.15) is 5.82 Å². The summed E-state index contributed by atoms with van der Waals surface area (Å²) >= 11 is 2.99. The molecule has 1 aliphatic heterocycles. The van der Waals surface area contributed by atoms with Gasteiger partial charge in [0, 0.05) is 13.1 Å². The van der Waals surface area contributed by atoms with Gasteiger partial charge in [-0.25, -0.2) is 17.5 Å². The Morgan fingerprint density at radius 2 is 2.21 bits per heavy atom. The van der Waals surface area contributed by atoms with Gasteiger partial charge in [-0.2, -0.15) is 0 Å². The number of nitrogens with one attached hydrogen (secondary N) is 2. The molecule has 0 aromatic heterocycles. The fourth-order valence-electron chi connectivity index (χ4n) is 1.75. The highest BCUT2D eigenvalue weighted by atomic mass is 79.9. The molecular weight excluding hydrogens is 335 g/mol. The Morgan fingerprint density at radius 1 is 1.42 bits per heavy atom. The first kappa shape index (κ1) is 14.6. The molecule has 1 aromatic carbocycles. The number of rotatable bonds is 4. The lowest BCUT2D eigenvalue weighted by Gasteiger charge is -2.14. The normalized spacial score (nSPS) is 16.2. The molecule has 1 aliphatic rings. The van der Waals surface area contributed by atoms with Crippen LogP contribution in [0.5, 0.6) is 0 Å². The van der Waals surface area contributed by atoms with Crippen molar-refractivity contribution in [3.05, 3.63) is 40.1 Å². The summed E-state index contributed by atoms with van der Waals surface area (Å²) in [6.07, 6.45) is 2.78. The lowest BCUT2D eigenvalue weighted by atomic mass is 10.1. The van der Waals surface area contributed by atoms with Crippen LogP contribution in [0, 0.1) is 5.82 Å². The Morgan fingerprint density at radius 3 is 2.84 bits per heavy atom. The molecule has 0 unspecified atom stereocenters. The summed E-state index contributed by atoms with van der Waals surface area (Å²) in [6, 6.07) is 3.75. The predicted octanol–water partition coefficient (Wildman–Crippen LogP) is 1.79. The number of sulfonamides is 1. The molecule has 2 N–H and O–H groups in total. The van der Waals surface area contributed by atoms with E-state index in [1.807, 2.05) is 6.08 Å². The summed E-state index contributed by atoms with van der Waals surface area (Å²) < 4.78 is 40.1. The van der Waals surface area contributed by atoms with Crippen LogP contribution < -0.4 is 10.0 Å². The molecule has 19 heavy (non-hydrogen) atoms. The minimum atomic E-state index is -3.67. The monoisotopic (exact) mass is 348 g/mol. The van der Waals surface area contributed by atoms with Gasteiger partial charge in [0.15, 0.2) is 0 Å². The van der Waals surface area contributed by atoms with E-state index in [4.69, 9.17) is 0 Å². The second-order valence-electron chi connectivity index (χ2n) is 4.22. The molecule has 0 bridgehead atoms. The summed E-state index contributed by atoms with van der Waals surface area (Å²) in [6.45, 7) is 1.87. The largest absolute Gasteiger partial charge is 0.313 e. The van der Waals surface area contributed by atoms with Crippen LogP contribution in [0.2, 0.25) is 0 Å². The van der Waals surface area contributed by atoms with E-state index < -0.39 is 15.8 Å². The van der Waals surface area contributed by atoms with Gasteiger partial charge in [0.25, 0.3) is 0 Å². The molecule has 0 saturated heterocycles. The Kier molecular flexibility index (Phi) is 4.72. The lowest BCUT2D eigenvalue weighted by Crippen LogP contribution is -2.29. The van der Waals surface area contributed by atoms with Gasteiger partial charge < -0.3 is 5.32 Å². The first-order chi connectivity index (χ1) is 8.99. The maximum atomic E-state index is 13.3. The van der Waals surface area contributed by atoms with E-state index in [0.29, 0.717) is 0 Å². The zero-order valence-corrected chi connectivity index (χ0v) is 12.5. The van der Waals surface area contributed by atoms with Gasteiger partial charge in [0.2, 0.25) is 10.0 Å². The van der Waals surface area contributed by atoms with Crippen LogP contribution in [0.25, 0.3) is 0 Å². The fraction of sp³-hybridized carbons (Fsp3) is 0.333. The van der Waals surface area contributed by atoms with Crippen LogP contribution in [-0.2, 0) is 10.0 Å². The first-order valence-electron chi connectivity index (χ1n) is 5.82. The maximum absolute atomic E-state index is 13.3. The number of benzene rings is 1. The van der Waals surface area contributed by atoms with Crippen LogP contribution in [-0.4, -0.2) is 28.1 Å². The van der Waals surface area contributed by atoms with Crippen LogP contribution in [0.3, 0.4) is 0 Å². The molecule has 1 aromatic rings. The number of hydrogen-bond donors (Lipinski definition) is 2. The van der Waals surface area contributed by atoms with Crippen molar-refractivity contribution in [2.75, 3.05) is 19.6 Å². The zero-order chi connectivity index (χ0) is 13.9. The van der Waals surface area contributed by atoms with Crippen molar-refractivity contribution < 1.29 is 12.8 Å². The van der Waals surface area contributed by atoms with E-state index in [9.17, 15) is 12.8 Å². The molecule has 0 atom stereocenters. The Bertz CT molecular complexity index is 602. The van der Waals surface area contributed by atoms with Crippen molar-refractivity contribution in [3.63, 3.8) is 0 Å². The molecule has 0 fully saturated rings. The molecule has 2 rings (SSSR count). The topological polar surface area (TPSA) is 58.2 Å². The summed E-state index contributed by atoms with van der Waals surface area (Å²) in [7, 11) is -3.67. The second kappa shape index (κ2) is 6.13. The lowest BCUT2D eigenvalue weighted by molar-refractivity contribution is 0.577. The Balaban J connectivity index is 2.09. The summed E-state index contributed by atoms with van der Waals surface area (Å²) in [5.41, 5.74) is 1.04. The van der Waals surface area contributed by atoms with Crippen molar-refractivity contribution in [2.24, 2.45) is 0 Å². The van der Waals surface area contributed by atoms with E-state index in [1.165, 1.54) is 12.1 Å². The number of halogens is 2. The molecule has 104 valence electrons. The van der Waals surface area contributed by atoms with Gasteiger partial charge in [-0.1, -0.05) is 11.6 Å². The third-order valence-corrected chi connectivity index (χ3v) is 4.89. The molecule has 1 heterocycles. The summed E-state index contributed by atoms with van der Waals surface area (Å²) in [4.78, 5) is -0.0669. The quantitative estimate of drug-likeness (QED) is 0.815. The average molecular weight is 349 g/mol. The summed E-state index contributed by atoms with van der Waals surface area (Å²) in [5, 5.41) is 3.15. The Hall–Kier alpha value is -0.760. The highest BCUT2D eigenvalue weighted by Gasteiger charge is 2.16. The zero-order valence-electron chi connectivity index (χ0n) is 10.1. The van der Waals surface area contributed by atoms with Gasteiger partial charge in [-0.05, 0) is 47.1 Å². The van der Waals surface area contributed by atoms with E-state index >= 15 is 0 Å². The SMILES string of the molecule is O=S(=O)(NCC1=CCNCC1)c1ccc(Br)c(F)c1. The second-order valence-corrected chi connectivity index (χ2v) is 6.84. The fourth-order valence-corrected chi connectivity index (χ4v) is 3.04. The highest BCUT2D eigenvalue weighted by molar-refractivity contribution is 9.10. The standard InChI is InChI=1S/C12H14BrFN2O2S/c13-11-2-1-10(7-12(11)14)19(17,18)16-8-9-3-5-15-6-4-9/h1-3,7,15-16H,4-6,8H2. The smallest absolute Gasteiger partial charge is 0.240 e. The van der Waals surface area contributed by atoms with E-state index in [0.717, 1.165) is 31.1 Å². The third-order valence-electron chi connectivity index (χ3n) is 2.85. The molecule has 7 heteroatoms. The molecule has 0 aliphatic carbocycles. The van der Waals surface area contributed by atoms with E-state index in [2.05, 4.69) is 26.0 Å². The average Bonchev–Trinajstić information content (AvgIpc) is 2.41. The van der Waals surface area contributed by atoms with Gasteiger partial charge >= 0.3 is 0 Å². The van der Waals surface area contributed by atoms with Gasteiger partial charge in [-0.3, -0.25) is 0 Å². The minimum Gasteiger partial charge on any atom is -0.313 e. The van der Waals surface area contributed by atoms with Crippen LogP contribution in [0.1, 0.15) is 6.42 Å². The number of hydrogen-bond acceptors (Lipinski definition) is 3. The summed E-state index contributed by atoms with van der Waals surface area (Å²) in [5.74, 6) is -0.594. The van der Waals surface area contributed by atoms with Crippen molar-refractivity contribution >= 4 is 26.0 Å². The minimum absolute atomic E-state index is 0.0669. The van der Waals surface area contributed by atoms with Gasteiger partial charge in [-0.15, -0.1) is 0 Å². The van der Waals surface area contributed by atoms with Crippen molar-refractivity contribution in [2.45, 2.75) is 11.3 Å². The molecule has 4 nitrogen and oxygen atoms in total. The molecule has 0 spiro atoms.